The quantitative estimate of drug-likeness (QED) is 0.204. The lowest BCUT2D eigenvalue weighted by molar-refractivity contribution is 0.0360. The highest BCUT2D eigenvalue weighted by molar-refractivity contribution is 5.41. The minimum atomic E-state index is 0.0869. The molecule has 0 saturated carbocycles. The minimum absolute atomic E-state index is 0.0869. The topological polar surface area (TPSA) is 87.4 Å². The third-order valence-corrected chi connectivity index (χ3v) is 8.51. The molecule has 0 amide bonds. The van der Waals surface area contributed by atoms with Crippen LogP contribution in [0.15, 0.2) is 96.3 Å². The molecule has 3 aliphatic rings. The van der Waals surface area contributed by atoms with Gasteiger partial charge >= 0.3 is 0 Å². The van der Waals surface area contributed by atoms with Gasteiger partial charge in [-0.2, -0.15) is 0 Å². The molecule has 0 radical (unpaired) electrons. The van der Waals surface area contributed by atoms with Gasteiger partial charge in [0.25, 0.3) is 0 Å². The summed E-state index contributed by atoms with van der Waals surface area (Å²) in [6, 6.07) is 16.5. The number of nitrogens with zero attached hydrogens (tertiary/aromatic N) is 1. The van der Waals surface area contributed by atoms with Gasteiger partial charge in [-0.15, -0.1) is 0 Å². The van der Waals surface area contributed by atoms with Crippen LogP contribution in [0.3, 0.4) is 0 Å². The molecule has 8 heteroatoms. The van der Waals surface area contributed by atoms with E-state index in [2.05, 4.69) is 52.8 Å². The van der Waals surface area contributed by atoms with Gasteiger partial charge in [0.2, 0.25) is 0 Å². The highest BCUT2D eigenvalue weighted by Crippen LogP contribution is 2.32. The molecule has 0 aromatic heterocycles. The number of unbranched alkanes of at least 4 members (excludes halogenated alkanes) is 1. The van der Waals surface area contributed by atoms with Crippen LogP contribution < -0.4 is 20.5 Å². The summed E-state index contributed by atoms with van der Waals surface area (Å²) in [5.41, 5.74) is 10.5. The van der Waals surface area contributed by atoms with Gasteiger partial charge in [0, 0.05) is 49.0 Å². The minimum Gasteiger partial charge on any atom is -0.496 e. The molecule has 1 saturated heterocycles. The Labute approximate surface area is 268 Å². The van der Waals surface area contributed by atoms with Crippen LogP contribution in [0.4, 0.5) is 0 Å². The number of ether oxygens (including phenoxy) is 5. The molecule has 2 aromatic carbocycles. The zero-order valence-corrected chi connectivity index (χ0v) is 26.6. The first-order valence-corrected chi connectivity index (χ1v) is 16.4. The number of rotatable bonds is 17. The molecule has 242 valence electrons. The monoisotopic (exact) mass is 615 g/mol. The molecule has 2 atom stereocenters. The molecule has 1 aliphatic carbocycles. The van der Waals surface area contributed by atoms with Crippen LogP contribution in [-0.2, 0) is 20.8 Å². The Morgan fingerprint density at radius 2 is 1.91 bits per heavy atom. The van der Waals surface area contributed by atoms with Crippen molar-refractivity contribution < 1.29 is 23.7 Å². The summed E-state index contributed by atoms with van der Waals surface area (Å²) in [5, 5.41) is 3.54. The van der Waals surface area contributed by atoms with Crippen molar-refractivity contribution in [2.24, 2.45) is 5.73 Å². The lowest BCUT2D eigenvalue weighted by Gasteiger charge is -2.33. The van der Waals surface area contributed by atoms with E-state index >= 15 is 0 Å². The number of benzene rings is 2. The second kappa shape index (κ2) is 17.8. The van der Waals surface area contributed by atoms with Gasteiger partial charge in [-0.1, -0.05) is 42.5 Å². The molecular formula is C37H49N3O5. The van der Waals surface area contributed by atoms with Crippen molar-refractivity contribution in [3.63, 3.8) is 0 Å². The van der Waals surface area contributed by atoms with E-state index in [1.54, 1.807) is 13.4 Å². The van der Waals surface area contributed by atoms with Gasteiger partial charge < -0.3 is 39.6 Å². The van der Waals surface area contributed by atoms with E-state index in [4.69, 9.17) is 29.4 Å². The van der Waals surface area contributed by atoms with E-state index in [-0.39, 0.29) is 6.10 Å². The van der Waals surface area contributed by atoms with Crippen molar-refractivity contribution in [3.05, 3.63) is 107 Å². The number of piperidine rings is 1. The average Bonchev–Trinajstić information content (AvgIpc) is 3.10. The molecule has 2 heterocycles. The fraction of sp³-hybridized carbons (Fsp3) is 0.459. The number of para-hydroxylation sites is 1. The first-order chi connectivity index (χ1) is 22.2. The Morgan fingerprint density at radius 1 is 1.02 bits per heavy atom. The Kier molecular flexibility index (Phi) is 13.0. The third kappa shape index (κ3) is 9.71. The highest BCUT2D eigenvalue weighted by Gasteiger charge is 2.28. The maximum atomic E-state index is 6.64. The van der Waals surface area contributed by atoms with Crippen molar-refractivity contribution in [1.82, 2.24) is 10.2 Å². The molecule has 45 heavy (non-hydrogen) atoms. The van der Waals surface area contributed by atoms with Crippen LogP contribution in [0.2, 0.25) is 0 Å². The zero-order valence-electron chi connectivity index (χ0n) is 26.6. The summed E-state index contributed by atoms with van der Waals surface area (Å²) in [7, 11) is 1.68. The summed E-state index contributed by atoms with van der Waals surface area (Å²) in [6.45, 7) is 5.81. The van der Waals surface area contributed by atoms with Gasteiger partial charge in [0.05, 0.1) is 39.6 Å². The van der Waals surface area contributed by atoms with E-state index in [0.29, 0.717) is 32.3 Å². The SMILES string of the molecule is COc1ccccc1COCCCOc1ccc(C2CCNCC2OCC2=C(C3=CN(CCCCN)C=CO3)CCC=C2)cc1. The van der Waals surface area contributed by atoms with Gasteiger partial charge in [-0.05, 0) is 74.5 Å². The van der Waals surface area contributed by atoms with E-state index in [1.807, 2.05) is 30.5 Å². The van der Waals surface area contributed by atoms with E-state index in [1.165, 1.54) is 16.7 Å². The number of nitrogens with one attached hydrogen (secondary N) is 1. The lowest BCUT2D eigenvalue weighted by Crippen LogP contribution is -2.41. The van der Waals surface area contributed by atoms with Crippen molar-refractivity contribution in [2.45, 2.75) is 57.2 Å². The van der Waals surface area contributed by atoms with Gasteiger partial charge in [-0.3, -0.25) is 0 Å². The predicted octanol–water partition coefficient (Wildman–Crippen LogP) is 6.17. The fourth-order valence-electron chi connectivity index (χ4n) is 6.01. The molecule has 1 fully saturated rings. The molecule has 3 N–H and O–H groups in total. The number of allylic oxidation sites excluding steroid dienone is 2. The molecule has 2 unspecified atom stereocenters. The van der Waals surface area contributed by atoms with Crippen molar-refractivity contribution in [3.8, 4) is 11.5 Å². The third-order valence-electron chi connectivity index (χ3n) is 8.51. The Hall–Kier alpha value is -3.56. The van der Waals surface area contributed by atoms with Gasteiger partial charge in [0.15, 0.2) is 0 Å². The second-order valence-corrected chi connectivity index (χ2v) is 11.7. The lowest BCUT2D eigenvalue weighted by atomic mass is 9.87. The van der Waals surface area contributed by atoms with Crippen molar-refractivity contribution >= 4 is 0 Å². The largest absolute Gasteiger partial charge is 0.496 e. The summed E-state index contributed by atoms with van der Waals surface area (Å²) in [6.07, 6.45) is 16.3. The van der Waals surface area contributed by atoms with Crippen LogP contribution in [0, 0.1) is 0 Å². The Bertz CT molecular complexity index is 1320. The first-order valence-electron chi connectivity index (χ1n) is 16.4. The smallest absolute Gasteiger partial charge is 0.146 e. The van der Waals surface area contributed by atoms with E-state index < -0.39 is 0 Å². The summed E-state index contributed by atoms with van der Waals surface area (Å²) >= 11 is 0. The predicted molar refractivity (Wildman–Crippen MR) is 178 cm³/mol. The van der Waals surface area contributed by atoms with Crippen LogP contribution in [0.25, 0.3) is 0 Å². The Balaban J connectivity index is 1.11. The normalized spacial score (nSPS) is 19.8. The number of hydrogen-bond donors (Lipinski definition) is 2. The maximum Gasteiger partial charge on any atom is 0.146 e. The maximum absolute atomic E-state index is 6.64. The number of methoxy groups -OCH3 is 1. The first kappa shape index (κ1) is 32.8. The van der Waals surface area contributed by atoms with E-state index in [0.717, 1.165) is 87.5 Å². The van der Waals surface area contributed by atoms with Crippen molar-refractivity contribution in [1.29, 1.82) is 0 Å². The van der Waals surface area contributed by atoms with Crippen LogP contribution >= 0.6 is 0 Å². The van der Waals surface area contributed by atoms with Crippen LogP contribution in [-0.4, -0.2) is 64.1 Å². The zero-order chi connectivity index (χ0) is 31.1. The number of nitrogens with two attached hydrogens (primary N) is 1. The summed E-state index contributed by atoms with van der Waals surface area (Å²) in [4.78, 5) is 2.20. The highest BCUT2D eigenvalue weighted by atomic mass is 16.5. The molecule has 0 spiro atoms. The second-order valence-electron chi connectivity index (χ2n) is 11.7. The molecule has 0 bridgehead atoms. The standard InChI is InChI=1S/C37H49N3O5/c1-41-35-12-5-3-10-31(35)27-42-22-8-23-43-32-15-13-29(14-16-32)34-17-19-39-25-36(34)45-28-30-9-2-4-11-33(30)37-26-40(21-24-44-37)20-7-6-18-38/h2-3,5,9-10,12-16,21,24,26,34,36,39H,4,6-8,11,17-20,22-23,25,27-28,38H2,1H3. The van der Waals surface area contributed by atoms with E-state index in [9.17, 15) is 0 Å². The number of hydrogen-bond acceptors (Lipinski definition) is 8. The van der Waals surface area contributed by atoms with Crippen molar-refractivity contribution in [2.75, 3.05) is 53.1 Å². The molecule has 2 aromatic rings. The van der Waals surface area contributed by atoms with Crippen LogP contribution in [0.5, 0.6) is 11.5 Å². The average molecular weight is 616 g/mol. The fourth-order valence-corrected chi connectivity index (χ4v) is 6.01. The summed E-state index contributed by atoms with van der Waals surface area (Å²) in [5.74, 6) is 2.98. The molecular weight excluding hydrogens is 566 g/mol. The van der Waals surface area contributed by atoms with Crippen LogP contribution in [0.1, 0.15) is 55.6 Å². The van der Waals surface area contributed by atoms with Gasteiger partial charge in [-0.25, -0.2) is 0 Å². The Morgan fingerprint density at radius 3 is 2.78 bits per heavy atom. The summed E-state index contributed by atoms with van der Waals surface area (Å²) < 4.78 is 29.9. The molecule has 5 rings (SSSR count). The molecule has 8 nitrogen and oxygen atoms in total. The van der Waals surface area contributed by atoms with Gasteiger partial charge in [0.1, 0.15) is 23.5 Å². The molecule has 2 aliphatic heterocycles.